The Hall–Kier alpha value is -2.13. The molecule has 7 nitrogen and oxygen atoms in total. The first-order valence-electron chi connectivity index (χ1n) is 9.59. The topological polar surface area (TPSA) is 89.8 Å². The van der Waals surface area contributed by atoms with Crippen molar-refractivity contribution in [1.82, 2.24) is 19.7 Å². The van der Waals surface area contributed by atoms with Crippen LogP contribution in [0.15, 0.2) is 11.1 Å². The Morgan fingerprint density at radius 2 is 1.89 bits per heavy atom. The number of anilines is 1. The second-order valence-electron chi connectivity index (χ2n) is 6.87. The predicted octanol–water partition coefficient (Wildman–Crippen LogP) is 4.31. The molecule has 150 valence electrons. The van der Waals surface area contributed by atoms with Crippen LogP contribution in [-0.2, 0) is 13.5 Å². The summed E-state index contributed by atoms with van der Waals surface area (Å²) in [6.45, 7) is 3.99. The minimum atomic E-state index is -0.273. The first kappa shape index (κ1) is 20.6. The van der Waals surface area contributed by atoms with Gasteiger partial charge in [0, 0.05) is 13.5 Å². The quantitative estimate of drug-likeness (QED) is 0.522. The van der Waals surface area contributed by atoms with E-state index < -0.39 is 0 Å². The molecule has 0 unspecified atom stereocenters. The van der Waals surface area contributed by atoms with Gasteiger partial charge in [-0.3, -0.25) is 14.9 Å². The molecule has 0 atom stereocenters. The summed E-state index contributed by atoms with van der Waals surface area (Å²) in [6, 6.07) is 0. The fourth-order valence-corrected chi connectivity index (χ4v) is 4.85. The van der Waals surface area contributed by atoms with E-state index in [1.807, 2.05) is 0 Å². The maximum Gasteiger partial charge on any atom is 0.267 e. The summed E-state index contributed by atoms with van der Waals surface area (Å²) in [5.74, 6) is -0.273. The number of thiophene rings is 1. The molecule has 9 heteroatoms. The largest absolute Gasteiger partial charge is 0.302 e. The van der Waals surface area contributed by atoms with Gasteiger partial charge >= 0.3 is 0 Å². The van der Waals surface area contributed by atoms with Crippen LogP contribution < -0.4 is 10.9 Å². The average Bonchev–Trinajstić information content (AvgIpc) is 3.25. The molecule has 0 radical (unpaired) electrons. The van der Waals surface area contributed by atoms with Crippen molar-refractivity contribution in [2.75, 3.05) is 5.32 Å². The van der Waals surface area contributed by atoms with E-state index in [0.717, 1.165) is 17.8 Å². The molecular formula is C19H25N5O2S2. The van der Waals surface area contributed by atoms with Gasteiger partial charge in [-0.25, -0.2) is 4.98 Å². The zero-order chi connectivity index (χ0) is 20.1. The van der Waals surface area contributed by atoms with Crippen LogP contribution in [0.4, 0.5) is 5.13 Å². The van der Waals surface area contributed by atoms with E-state index in [9.17, 15) is 9.59 Å². The highest BCUT2D eigenvalue weighted by Gasteiger charge is 2.20. The van der Waals surface area contributed by atoms with E-state index in [-0.39, 0.29) is 11.5 Å². The molecule has 0 aromatic carbocycles. The maximum atomic E-state index is 12.7. The summed E-state index contributed by atoms with van der Waals surface area (Å²) in [7, 11) is 1.65. The Morgan fingerprint density at radius 3 is 2.68 bits per heavy atom. The lowest BCUT2D eigenvalue weighted by Gasteiger charge is -2.00. The highest BCUT2D eigenvalue weighted by atomic mass is 32.1. The Kier molecular flexibility index (Phi) is 6.90. The molecule has 3 aromatic heterocycles. The molecule has 3 rings (SSSR count). The van der Waals surface area contributed by atoms with E-state index in [2.05, 4.69) is 27.4 Å². The predicted molar refractivity (Wildman–Crippen MR) is 115 cm³/mol. The SMILES string of the molecule is CCCCCCCCc1nnc(NC(=O)c2sc3ncn(C)c(=O)c3c2C)s1. The molecule has 0 aliphatic heterocycles. The van der Waals surface area contributed by atoms with Crippen LogP contribution >= 0.6 is 22.7 Å². The monoisotopic (exact) mass is 419 g/mol. The van der Waals surface area contributed by atoms with Crippen molar-refractivity contribution < 1.29 is 4.79 Å². The van der Waals surface area contributed by atoms with Gasteiger partial charge in [0.1, 0.15) is 9.84 Å². The number of hydrogen-bond donors (Lipinski definition) is 1. The number of amides is 1. The number of carbonyl (C=O) groups is 1. The second kappa shape index (κ2) is 9.38. The molecule has 0 bridgehead atoms. The summed E-state index contributed by atoms with van der Waals surface area (Å²) in [5, 5.41) is 13.0. The standard InChI is InChI=1S/C19H25N5O2S2/c1-4-5-6-7-8-9-10-13-22-23-19(27-13)21-16(25)15-12(2)14-17(28-15)20-11-24(3)18(14)26/h11H,4-10H2,1-3H3,(H,21,23,25). The third-order valence-electron chi connectivity index (χ3n) is 4.65. The molecule has 0 saturated heterocycles. The smallest absolute Gasteiger partial charge is 0.267 e. The number of nitrogens with one attached hydrogen (secondary N) is 1. The number of aromatic nitrogens is 4. The highest BCUT2D eigenvalue weighted by molar-refractivity contribution is 7.21. The van der Waals surface area contributed by atoms with Crippen LogP contribution in [0.3, 0.4) is 0 Å². The second-order valence-corrected chi connectivity index (χ2v) is 8.93. The molecule has 3 heterocycles. The molecular weight excluding hydrogens is 394 g/mol. The molecule has 28 heavy (non-hydrogen) atoms. The lowest BCUT2D eigenvalue weighted by atomic mass is 10.1. The van der Waals surface area contributed by atoms with Gasteiger partial charge in [0.25, 0.3) is 11.5 Å². The van der Waals surface area contributed by atoms with E-state index >= 15 is 0 Å². The number of fused-ring (bicyclic) bond motifs is 1. The maximum absolute atomic E-state index is 12.7. The fourth-order valence-electron chi connectivity index (χ4n) is 3.04. The molecule has 0 spiro atoms. The number of nitrogens with zero attached hydrogens (tertiary/aromatic N) is 4. The molecule has 3 aromatic rings. The van der Waals surface area contributed by atoms with Gasteiger partial charge in [-0.1, -0.05) is 50.4 Å². The molecule has 1 amide bonds. The highest BCUT2D eigenvalue weighted by Crippen LogP contribution is 2.28. The number of hydrogen-bond acceptors (Lipinski definition) is 7. The van der Waals surface area contributed by atoms with Crippen molar-refractivity contribution in [2.45, 2.75) is 58.8 Å². The molecule has 0 saturated carbocycles. The molecule has 0 aliphatic rings. The third-order valence-corrected chi connectivity index (χ3v) is 6.75. The Morgan fingerprint density at radius 1 is 1.14 bits per heavy atom. The van der Waals surface area contributed by atoms with Gasteiger partial charge < -0.3 is 4.57 Å². The van der Waals surface area contributed by atoms with Gasteiger partial charge in [0.05, 0.1) is 16.6 Å². The zero-order valence-corrected chi connectivity index (χ0v) is 18.1. The van der Waals surface area contributed by atoms with Crippen LogP contribution in [-0.4, -0.2) is 25.7 Å². The van der Waals surface area contributed by atoms with Crippen LogP contribution in [0, 0.1) is 6.92 Å². The van der Waals surface area contributed by atoms with Crippen LogP contribution in [0.1, 0.15) is 65.7 Å². The van der Waals surface area contributed by atoms with Crippen molar-refractivity contribution in [3.8, 4) is 0 Å². The van der Waals surface area contributed by atoms with Gasteiger partial charge in [0.15, 0.2) is 0 Å². The third kappa shape index (κ3) is 4.64. The normalized spacial score (nSPS) is 11.2. The lowest BCUT2D eigenvalue weighted by Crippen LogP contribution is -2.17. The molecule has 1 N–H and O–H groups in total. The van der Waals surface area contributed by atoms with Gasteiger partial charge in [-0.05, 0) is 18.9 Å². The van der Waals surface area contributed by atoms with Crippen LogP contribution in [0.2, 0.25) is 0 Å². The lowest BCUT2D eigenvalue weighted by molar-refractivity contribution is 0.103. The summed E-state index contributed by atoms with van der Waals surface area (Å²) in [4.78, 5) is 30.3. The molecule has 0 aliphatic carbocycles. The van der Waals surface area contributed by atoms with Crippen molar-refractivity contribution in [3.05, 3.63) is 32.1 Å². The first-order valence-corrected chi connectivity index (χ1v) is 11.2. The Balaban J connectivity index is 1.62. The van der Waals surface area contributed by atoms with Crippen LogP contribution in [0.25, 0.3) is 10.2 Å². The first-order chi connectivity index (χ1) is 13.5. The number of aryl methyl sites for hydroxylation is 3. The van der Waals surface area contributed by atoms with Crippen molar-refractivity contribution >= 4 is 43.9 Å². The number of unbranched alkanes of at least 4 members (excludes halogenated alkanes) is 5. The van der Waals surface area contributed by atoms with Crippen molar-refractivity contribution in [2.24, 2.45) is 7.05 Å². The van der Waals surface area contributed by atoms with Gasteiger partial charge in [-0.2, -0.15) is 0 Å². The zero-order valence-electron chi connectivity index (χ0n) is 16.4. The summed E-state index contributed by atoms with van der Waals surface area (Å²) in [6.07, 6.45) is 9.76. The van der Waals surface area contributed by atoms with E-state index in [0.29, 0.717) is 25.8 Å². The van der Waals surface area contributed by atoms with E-state index in [1.54, 1.807) is 14.0 Å². The minimum Gasteiger partial charge on any atom is -0.302 e. The summed E-state index contributed by atoms with van der Waals surface area (Å²) in [5.41, 5.74) is 0.512. The van der Waals surface area contributed by atoms with Crippen LogP contribution in [0.5, 0.6) is 0 Å². The Bertz CT molecular complexity index is 1020. The minimum absolute atomic E-state index is 0.144. The Labute approximate surface area is 171 Å². The molecule has 0 fully saturated rings. The van der Waals surface area contributed by atoms with Crippen molar-refractivity contribution in [3.63, 3.8) is 0 Å². The fraction of sp³-hybridized carbons (Fsp3) is 0.526. The van der Waals surface area contributed by atoms with Gasteiger partial charge in [-0.15, -0.1) is 21.5 Å². The number of carbonyl (C=O) groups excluding carboxylic acids is 1. The van der Waals surface area contributed by atoms with Crippen molar-refractivity contribution in [1.29, 1.82) is 0 Å². The average molecular weight is 420 g/mol. The summed E-state index contributed by atoms with van der Waals surface area (Å²) >= 11 is 2.64. The van der Waals surface area contributed by atoms with Gasteiger partial charge in [0.2, 0.25) is 5.13 Å². The number of rotatable bonds is 9. The summed E-state index contributed by atoms with van der Waals surface area (Å²) < 4.78 is 1.42. The van der Waals surface area contributed by atoms with E-state index in [1.165, 1.54) is 65.7 Å². The van der Waals surface area contributed by atoms with E-state index in [4.69, 9.17) is 0 Å².